The maximum atomic E-state index is 11.3. The van der Waals surface area contributed by atoms with Gasteiger partial charge in [-0.15, -0.1) is 12.4 Å². The van der Waals surface area contributed by atoms with Crippen LogP contribution in [0.4, 0.5) is 5.69 Å². The fraction of sp³-hybridized carbons (Fsp3) is 0.417. The Hall–Kier alpha value is -1.06. The molecule has 16 heavy (non-hydrogen) atoms. The van der Waals surface area contributed by atoms with E-state index >= 15 is 0 Å². The number of amides is 1. The van der Waals surface area contributed by atoms with Crippen molar-refractivity contribution in [2.24, 2.45) is 0 Å². The zero-order valence-electron chi connectivity index (χ0n) is 9.91. The van der Waals surface area contributed by atoms with Crippen molar-refractivity contribution in [3.63, 3.8) is 0 Å². The molecule has 0 heterocycles. The first-order valence-corrected chi connectivity index (χ1v) is 5.18. The Kier molecular flexibility index (Phi) is 6.77. The number of halogens is 1. The van der Waals surface area contributed by atoms with Crippen LogP contribution in [0.5, 0.6) is 0 Å². The van der Waals surface area contributed by atoms with Crippen molar-refractivity contribution in [1.82, 2.24) is 5.32 Å². The number of carbonyl (C=O) groups excluding carboxylic acids is 1. The molecule has 1 rings (SSSR count). The maximum Gasteiger partial charge on any atom is 0.238 e. The van der Waals surface area contributed by atoms with Crippen LogP contribution in [0.1, 0.15) is 25.3 Å². The second-order valence-electron chi connectivity index (χ2n) is 3.86. The maximum absolute atomic E-state index is 11.3. The van der Waals surface area contributed by atoms with Crippen LogP contribution < -0.4 is 10.6 Å². The SMILES string of the molecule is CNCC(=O)Nc1ccc(C(C)C)cc1.Cl. The molecule has 0 aliphatic heterocycles. The summed E-state index contributed by atoms with van der Waals surface area (Å²) >= 11 is 0. The van der Waals surface area contributed by atoms with E-state index in [9.17, 15) is 4.79 Å². The van der Waals surface area contributed by atoms with Crippen molar-refractivity contribution < 1.29 is 4.79 Å². The van der Waals surface area contributed by atoms with Crippen LogP contribution in [0.15, 0.2) is 24.3 Å². The van der Waals surface area contributed by atoms with Gasteiger partial charge < -0.3 is 10.6 Å². The van der Waals surface area contributed by atoms with Gasteiger partial charge in [0.15, 0.2) is 0 Å². The van der Waals surface area contributed by atoms with Gasteiger partial charge in [-0.05, 0) is 30.7 Å². The summed E-state index contributed by atoms with van der Waals surface area (Å²) in [5.41, 5.74) is 2.13. The van der Waals surface area contributed by atoms with E-state index in [1.165, 1.54) is 5.56 Å². The molecule has 0 unspecified atom stereocenters. The quantitative estimate of drug-likeness (QED) is 0.851. The number of anilines is 1. The number of hydrogen-bond acceptors (Lipinski definition) is 2. The molecule has 0 radical (unpaired) electrons. The molecule has 4 heteroatoms. The van der Waals surface area contributed by atoms with E-state index in [4.69, 9.17) is 0 Å². The fourth-order valence-corrected chi connectivity index (χ4v) is 1.32. The fourth-order valence-electron chi connectivity index (χ4n) is 1.32. The monoisotopic (exact) mass is 242 g/mol. The van der Waals surface area contributed by atoms with Crippen LogP contribution in [0, 0.1) is 0 Å². The summed E-state index contributed by atoms with van der Waals surface area (Å²) in [5, 5.41) is 5.61. The first-order valence-electron chi connectivity index (χ1n) is 5.18. The van der Waals surface area contributed by atoms with Crippen molar-refractivity contribution in [2.45, 2.75) is 19.8 Å². The second kappa shape index (κ2) is 7.25. The van der Waals surface area contributed by atoms with Crippen molar-refractivity contribution in [3.8, 4) is 0 Å². The molecular weight excluding hydrogens is 224 g/mol. The van der Waals surface area contributed by atoms with E-state index in [0.717, 1.165) is 5.69 Å². The zero-order chi connectivity index (χ0) is 11.3. The van der Waals surface area contributed by atoms with Crippen LogP contribution in [0.25, 0.3) is 0 Å². The molecule has 0 saturated carbocycles. The van der Waals surface area contributed by atoms with Gasteiger partial charge in [0.05, 0.1) is 6.54 Å². The van der Waals surface area contributed by atoms with Crippen LogP contribution >= 0.6 is 12.4 Å². The van der Waals surface area contributed by atoms with Crippen LogP contribution in [0.3, 0.4) is 0 Å². The number of hydrogen-bond donors (Lipinski definition) is 2. The van der Waals surface area contributed by atoms with Gasteiger partial charge in [0, 0.05) is 5.69 Å². The van der Waals surface area contributed by atoms with Gasteiger partial charge in [-0.1, -0.05) is 26.0 Å². The lowest BCUT2D eigenvalue weighted by atomic mass is 10.0. The molecule has 0 aliphatic rings. The molecule has 0 spiro atoms. The number of rotatable bonds is 4. The predicted molar refractivity (Wildman–Crippen MR) is 70.3 cm³/mol. The topological polar surface area (TPSA) is 41.1 Å². The van der Waals surface area contributed by atoms with Crippen LogP contribution in [-0.2, 0) is 4.79 Å². The first kappa shape index (κ1) is 14.9. The molecule has 90 valence electrons. The summed E-state index contributed by atoms with van der Waals surface area (Å²) < 4.78 is 0. The Labute approximate surface area is 103 Å². The summed E-state index contributed by atoms with van der Waals surface area (Å²) in [6, 6.07) is 7.95. The highest BCUT2D eigenvalue weighted by Crippen LogP contribution is 2.16. The Bertz CT molecular complexity index is 322. The normalized spacial score (nSPS) is 9.75. The molecule has 1 aromatic rings. The minimum atomic E-state index is -0.0187. The van der Waals surface area contributed by atoms with E-state index in [-0.39, 0.29) is 18.3 Å². The molecule has 0 atom stereocenters. The summed E-state index contributed by atoms with van der Waals surface area (Å²) in [6.45, 7) is 4.63. The van der Waals surface area contributed by atoms with Gasteiger partial charge >= 0.3 is 0 Å². The molecule has 0 bridgehead atoms. The van der Waals surface area contributed by atoms with Gasteiger partial charge in [0.2, 0.25) is 5.91 Å². The average molecular weight is 243 g/mol. The molecule has 1 aromatic carbocycles. The Morgan fingerprint density at radius 3 is 2.25 bits per heavy atom. The molecule has 0 aromatic heterocycles. The minimum Gasteiger partial charge on any atom is -0.325 e. The predicted octanol–water partition coefficient (Wildman–Crippen LogP) is 2.39. The summed E-state index contributed by atoms with van der Waals surface area (Å²) in [5.74, 6) is 0.502. The molecule has 0 aliphatic carbocycles. The Balaban J connectivity index is 0.00000225. The van der Waals surface area contributed by atoms with Crippen molar-refractivity contribution >= 4 is 24.0 Å². The molecular formula is C12H19ClN2O. The first-order chi connectivity index (χ1) is 7.13. The lowest BCUT2D eigenvalue weighted by Gasteiger charge is -2.08. The smallest absolute Gasteiger partial charge is 0.238 e. The van der Waals surface area contributed by atoms with Crippen LogP contribution in [-0.4, -0.2) is 19.5 Å². The highest BCUT2D eigenvalue weighted by molar-refractivity contribution is 5.92. The third-order valence-corrected chi connectivity index (χ3v) is 2.20. The second-order valence-corrected chi connectivity index (χ2v) is 3.86. The largest absolute Gasteiger partial charge is 0.325 e. The van der Waals surface area contributed by atoms with Gasteiger partial charge in [0.25, 0.3) is 0 Å². The van der Waals surface area contributed by atoms with E-state index in [0.29, 0.717) is 12.5 Å². The molecule has 2 N–H and O–H groups in total. The zero-order valence-corrected chi connectivity index (χ0v) is 10.7. The van der Waals surface area contributed by atoms with Crippen LogP contribution in [0.2, 0.25) is 0 Å². The van der Waals surface area contributed by atoms with Gasteiger partial charge in [-0.3, -0.25) is 4.79 Å². The lowest BCUT2D eigenvalue weighted by molar-refractivity contribution is -0.115. The minimum absolute atomic E-state index is 0. The third-order valence-electron chi connectivity index (χ3n) is 2.20. The van der Waals surface area contributed by atoms with Gasteiger partial charge in [0.1, 0.15) is 0 Å². The van der Waals surface area contributed by atoms with Gasteiger partial charge in [-0.25, -0.2) is 0 Å². The molecule has 3 nitrogen and oxygen atoms in total. The van der Waals surface area contributed by atoms with E-state index in [2.05, 4.69) is 24.5 Å². The Morgan fingerprint density at radius 2 is 1.81 bits per heavy atom. The number of nitrogens with one attached hydrogen (secondary N) is 2. The highest BCUT2D eigenvalue weighted by Gasteiger charge is 2.01. The van der Waals surface area contributed by atoms with E-state index in [1.807, 2.05) is 24.3 Å². The summed E-state index contributed by atoms with van der Waals surface area (Å²) in [4.78, 5) is 11.3. The molecule has 0 fully saturated rings. The van der Waals surface area contributed by atoms with Crippen molar-refractivity contribution in [3.05, 3.63) is 29.8 Å². The summed E-state index contributed by atoms with van der Waals surface area (Å²) in [7, 11) is 1.75. The van der Waals surface area contributed by atoms with Gasteiger partial charge in [-0.2, -0.15) is 0 Å². The number of benzene rings is 1. The number of carbonyl (C=O) groups is 1. The average Bonchev–Trinajstić information content (AvgIpc) is 2.18. The number of likely N-dealkylation sites (N-methyl/N-ethyl adjacent to an activating group) is 1. The Morgan fingerprint density at radius 1 is 1.25 bits per heavy atom. The summed E-state index contributed by atoms with van der Waals surface area (Å²) in [6.07, 6.45) is 0. The van der Waals surface area contributed by atoms with E-state index < -0.39 is 0 Å². The van der Waals surface area contributed by atoms with Crippen molar-refractivity contribution in [2.75, 3.05) is 18.9 Å². The highest BCUT2D eigenvalue weighted by atomic mass is 35.5. The molecule has 0 saturated heterocycles. The van der Waals surface area contributed by atoms with E-state index in [1.54, 1.807) is 7.05 Å². The van der Waals surface area contributed by atoms with Crippen molar-refractivity contribution in [1.29, 1.82) is 0 Å². The molecule has 1 amide bonds. The lowest BCUT2D eigenvalue weighted by Crippen LogP contribution is -2.24. The third kappa shape index (κ3) is 4.64. The standard InChI is InChI=1S/C12H18N2O.ClH/c1-9(2)10-4-6-11(7-5-10)14-12(15)8-13-3;/h4-7,9,13H,8H2,1-3H3,(H,14,15);1H.